The standard InChI is InChI=1S/C23H28N2O3/c1-27-21-9-7-20(8-10-21)14-24-11-12-28-18-23(16-24)13-22(26)25(17-23)15-19-5-3-2-4-6-19/h2-10H,11-18H2,1H3/t23-/m0/s1. The summed E-state index contributed by atoms with van der Waals surface area (Å²) in [6, 6.07) is 18.4. The molecule has 2 aliphatic rings. The van der Waals surface area contributed by atoms with Crippen molar-refractivity contribution in [1.29, 1.82) is 0 Å². The van der Waals surface area contributed by atoms with Crippen molar-refractivity contribution in [2.24, 2.45) is 5.41 Å². The maximum atomic E-state index is 12.7. The van der Waals surface area contributed by atoms with Crippen molar-refractivity contribution >= 4 is 5.91 Å². The maximum absolute atomic E-state index is 12.7. The molecular weight excluding hydrogens is 352 g/mol. The summed E-state index contributed by atoms with van der Waals surface area (Å²) in [6.07, 6.45) is 0.568. The van der Waals surface area contributed by atoms with E-state index in [2.05, 4.69) is 29.2 Å². The van der Waals surface area contributed by atoms with Crippen LogP contribution < -0.4 is 4.74 Å². The van der Waals surface area contributed by atoms with Crippen molar-refractivity contribution in [2.75, 3.05) is 40.0 Å². The van der Waals surface area contributed by atoms with Gasteiger partial charge in [-0.1, -0.05) is 42.5 Å². The van der Waals surface area contributed by atoms with Crippen LogP contribution in [0.5, 0.6) is 5.75 Å². The van der Waals surface area contributed by atoms with Crippen LogP contribution in [0.3, 0.4) is 0 Å². The van der Waals surface area contributed by atoms with E-state index in [4.69, 9.17) is 9.47 Å². The van der Waals surface area contributed by atoms with E-state index < -0.39 is 0 Å². The minimum absolute atomic E-state index is 0.116. The Hall–Kier alpha value is -2.37. The topological polar surface area (TPSA) is 42.0 Å². The van der Waals surface area contributed by atoms with Gasteiger partial charge >= 0.3 is 0 Å². The van der Waals surface area contributed by atoms with Crippen molar-refractivity contribution < 1.29 is 14.3 Å². The molecule has 148 valence electrons. The van der Waals surface area contributed by atoms with Crippen molar-refractivity contribution in [3.8, 4) is 5.75 Å². The molecule has 2 fully saturated rings. The normalized spacial score (nSPS) is 23.2. The lowest BCUT2D eigenvalue weighted by Crippen LogP contribution is -2.40. The number of amides is 1. The highest BCUT2D eigenvalue weighted by atomic mass is 16.5. The average Bonchev–Trinajstić information content (AvgIpc) is 2.88. The first-order valence-electron chi connectivity index (χ1n) is 9.91. The molecular formula is C23H28N2O3. The van der Waals surface area contributed by atoms with Crippen LogP contribution in [0, 0.1) is 5.41 Å². The summed E-state index contributed by atoms with van der Waals surface area (Å²) in [7, 11) is 1.68. The first-order valence-corrected chi connectivity index (χ1v) is 9.91. The summed E-state index contributed by atoms with van der Waals surface area (Å²) >= 11 is 0. The third kappa shape index (κ3) is 4.37. The first-order chi connectivity index (χ1) is 13.7. The quantitative estimate of drug-likeness (QED) is 0.800. The lowest BCUT2D eigenvalue weighted by atomic mass is 9.87. The number of hydrogen-bond donors (Lipinski definition) is 0. The van der Waals surface area contributed by atoms with Crippen molar-refractivity contribution in [3.63, 3.8) is 0 Å². The number of carbonyl (C=O) groups excluding carboxylic acids is 1. The van der Waals surface area contributed by atoms with E-state index in [0.29, 0.717) is 26.2 Å². The van der Waals surface area contributed by atoms with E-state index in [1.807, 2.05) is 35.2 Å². The van der Waals surface area contributed by atoms with Crippen LogP contribution in [-0.2, 0) is 22.6 Å². The van der Waals surface area contributed by atoms with Crippen molar-refractivity contribution in [2.45, 2.75) is 19.5 Å². The zero-order valence-corrected chi connectivity index (χ0v) is 16.5. The number of methoxy groups -OCH3 is 1. The van der Waals surface area contributed by atoms with E-state index in [1.165, 1.54) is 11.1 Å². The van der Waals surface area contributed by atoms with E-state index in [-0.39, 0.29) is 11.3 Å². The monoisotopic (exact) mass is 380 g/mol. The molecule has 4 rings (SSSR count). The minimum atomic E-state index is -0.116. The molecule has 2 saturated heterocycles. The van der Waals surface area contributed by atoms with Crippen LogP contribution in [-0.4, -0.2) is 55.7 Å². The number of ether oxygens (including phenoxy) is 2. The van der Waals surface area contributed by atoms with Gasteiger partial charge in [0, 0.05) is 44.6 Å². The van der Waals surface area contributed by atoms with Gasteiger partial charge in [0.05, 0.1) is 20.3 Å². The van der Waals surface area contributed by atoms with Crippen molar-refractivity contribution in [3.05, 3.63) is 65.7 Å². The third-order valence-electron chi connectivity index (χ3n) is 5.71. The Morgan fingerprint density at radius 3 is 2.50 bits per heavy atom. The van der Waals surface area contributed by atoms with Crippen LogP contribution >= 0.6 is 0 Å². The van der Waals surface area contributed by atoms with Crippen LogP contribution in [0.15, 0.2) is 54.6 Å². The third-order valence-corrected chi connectivity index (χ3v) is 5.71. The fourth-order valence-corrected chi connectivity index (χ4v) is 4.34. The lowest BCUT2D eigenvalue weighted by Gasteiger charge is -2.31. The second kappa shape index (κ2) is 8.33. The van der Waals surface area contributed by atoms with Gasteiger partial charge in [0.25, 0.3) is 0 Å². The Morgan fingerprint density at radius 2 is 1.75 bits per heavy atom. The Bertz CT molecular complexity index is 793. The van der Waals surface area contributed by atoms with Gasteiger partial charge in [0.15, 0.2) is 0 Å². The van der Waals surface area contributed by atoms with Gasteiger partial charge in [0.2, 0.25) is 5.91 Å². The maximum Gasteiger partial charge on any atom is 0.223 e. The van der Waals surface area contributed by atoms with Gasteiger partial charge in [-0.3, -0.25) is 9.69 Å². The largest absolute Gasteiger partial charge is 0.497 e. The molecule has 0 N–H and O–H groups in total. The minimum Gasteiger partial charge on any atom is -0.497 e. The molecule has 5 heteroatoms. The molecule has 0 aliphatic carbocycles. The SMILES string of the molecule is COc1ccc(CN2CCOC[C@@]3(CC(=O)N(Cc4ccccc4)C3)C2)cc1. The van der Waals surface area contributed by atoms with Crippen LogP contribution in [0.4, 0.5) is 0 Å². The van der Waals surface area contributed by atoms with Crippen molar-refractivity contribution in [1.82, 2.24) is 9.80 Å². The van der Waals surface area contributed by atoms with E-state index >= 15 is 0 Å². The molecule has 1 spiro atoms. The Morgan fingerprint density at radius 1 is 1.00 bits per heavy atom. The van der Waals surface area contributed by atoms with Gasteiger partial charge in [0.1, 0.15) is 5.75 Å². The molecule has 2 aliphatic heterocycles. The Kier molecular flexibility index (Phi) is 5.64. The van der Waals surface area contributed by atoms with Gasteiger partial charge in [-0.25, -0.2) is 0 Å². The van der Waals surface area contributed by atoms with Crippen LogP contribution in [0.25, 0.3) is 0 Å². The summed E-state index contributed by atoms with van der Waals surface area (Å²) < 4.78 is 11.2. The molecule has 28 heavy (non-hydrogen) atoms. The molecule has 1 amide bonds. The smallest absolute Gasteiger partial charge is 0.223 e. The average molecular weight is 380 g/mol. The van der Waals surface area contributed by atoms with E-state index in [0.717, 1.165) is 31.9 Å². The zero-order chi connectivity index (χ0) is 19.4. The van der Waals surface area contributed by atoms with E-state index in [9.17, 15) is 4.79 Å². The number of nitrogens with zero attached hydrogens (tertiary/aromatic N) is 2. The summed E-state index contributed by atoms with van der Waals surface area (Å²) in [5, 5.41) is 0. The summed E-state index contributed by atoms with van der Waals surface area (Å²) in [6.45, 7) is 5.45. The molecule has 2 heterocycles. The Labute approximate surface area is 166 Å². The predicted molar refractivity (Wildman–Crippen MR) is 108 cm³/mol. The van der Waals surface area contributed by atoms with Crippen LogP contribution in [0.2, 0.25) is 0 Å². The molecule has 0 bridgehead atoms. The molecule has 5 nitrogen and oxygen atoms in total. The second-order valence-corrected chi connectivity index (χ2v) is 8.02. The summed E-state index contributed by atoms with van der Waals surface area (Å²) in [4.78, 5) is 17.2. The number of hydrogen-bond acceptors (Lipinski definition) is 4. The van der Waals surface area contributed by atoms with Gasteiger partial charge in [-0.2, -0.15) is 0 Å². The van der Waals surface area contributed by atoms with Gasteiger partial charge in [-0.15, -0.1) is 0 Å². The zero-order valence-electron chi connectivity index (χ0n) is 16.5. The second-order valence-electron chi connectivity index (χ2n) is 8.02. The molecule has 0 unspecified atom stereocenters. The lowest BCUT2D eigenvalue weighted by molar-refractivity contribution is -0.128. The molecule has 2 aromatic rings. The van der Waals surface area contributed by atoms with E-state index in [1.54, 1.807) is 7.11 Å². The number of carbonyl (C=O) groups is 1. The Balaban J connectivity index is 1.43. The van der Waals surface area contributed by atoms with Gasteiger partial charge in [-0.05, 0) is 23.3 Å². The molecule has 0 radical (unpaired) electrons. The summed E-state index contributed by atoms with van der Waals surface area (Å²) in [5.41, 5.74) is 2.32. The highest BCUT2D eigenvalue weighted by molar-refractivity contribution is 5.79. The highest BCUT2D eigenvalue weighted by Gasteiger charge is 2.45. The molecule has 0 aromatic heterocycles. The predicted octanol–water partition coefficient (Wildman–Crippen LogP) is 2.95. The number of rotatable bonds is 5. The highest BCUT2D eigenvalue weighted by Crippen LogP contribution is 2.35. The van der Waals surface area contributed by atoms with Gasteiger partial charge < -0.3 is 14.4 Å². The molecule has 0 saturated carbocycles. The molecule has 2 aromatic carbocycles. The summed E-state index contributed by atoms with van der Waals surface area (Å²) in [5.74, 6) is 1.11. The van der Waals surface area contributed by atoms with Crippen LogP contribution in [0.1, 0.15) is 17.5 Å². The fraction of sp³-hybridized carbons (Fsp3) is 0.435. The number of likely N-dealkylation sites (tertiary alicyclic amines) is 1. The number of benzene rings is 2. The first kappa shape index (κ1) is 19.0. The molecule has 1 atom stereocenters. The fourth-order valence-electron chi connectivity index (χ4n) is 4.34.